The zero-order valence-corrected chi connectivity index (χ0v) is 15.8. The third-order valence-corrected chi connectivity index (χ3v) is 4.68. The second kappa shape index (κ2) is 8.39. The van der Waals surface area contributed by atoms with E-state index in [9.17, 15) is 27.1 Å². The molecule has 0 spiro atoms. The van der Waals surface area contributed by atoms with Gasteiger partial charge in [0.1, 0.15) is 29.7 Å². The van der Waals surface area contributed by atoms with E-state index in [2.05, 4.69) is 4.98 Å². The van der Waals surface area contributed by atoms with Crippen molar-refractivity contribution in [3.8, 4) is 5.75 Å². The summed E-state index contributed by atoms with van der Waals surface area (Å²) in [5, 5.41) is 10.4. The fraction of sp³-hybridized carbons (Fsp3) is 0.227. The Labute approximate surface area is 169 Å². The Balaban J connectivity index is 1.75. The number of nitrogens with zero attached hydrogens (tertiary/aromatic N) is 1. The Morgan fingerprint density at radius 2 is 1.73 bits per heavy atom. The van der Waals surface area contributed by atoms with E-state index in [0.29, 0.717) is 18.6 Å². The van der Waals surface area contributed by atoms with Crippen LogP contribution in [0.3, 0.4) is 0 Å². The average molecular weight is 423 g/mol. The maximum Gasteiger partial charge on any atom is 0.321 e. The maximum atomic E-state index is 14.9. The molecule has 158 valence electrons. The van der Waals surface area contributed by atoms with Gasteiger partial charge < -0.3 is 9.84 Å². The van der Waals surface area contributed by atoms with Crippen molar-refractivity contribution < 1.29 is 31.8 Å². The van der Waals surface area contributed by atoms with Gasteiger partial charge in [-0.2, -0.15) is 8.78 Å². The van der Waals surface area contributed by atoms with Crippen molar-refractivity contribution in [3.05, 3.63) is 95.3 Å². The lowest BCUT2D eigenvalue weighted by Gasteiger charge is -2.32. The molecule has 0 saturated carbocycles. The van der Waals surface area contributed by atoms with Crippen LogP contribution in [0, 0.1) is 11.6 Å². The van der Waals surface area contributed by atoms with Crippen molar-refractivity contribution in [1.82, 2.24) is 4.98 Å². The first kappa shape index (κ1) is 21.7. The normalized spacial score (nSPS) is 14.8. The molecule has 0 radical (unpaired) electrons. The van der Waals surface area contributed by atoms with Crippen molar-refractivity contribution in [1.29, 1.82) is 0 Å². The van der Waals surface area contributed by atoms with Gasteiger partial charge in [-0.15, -0.1) is 0 Å². The summed E-state index contributed by atoms with van der Waals surface area (Å²) in [5.74, 6) is -6.25. The second-order valence-corrected chi connectivity index (χ2v) is 6.84. The summed E-state index contributed by atoms with van der Waals surface area (Å²) in [6.07, 6.45) is -0.465. The van der Waals surface area contributed by atoms with Crippen LogP contribution in [0.2, 0.25) is 0 Å². The Bertz CT molecular complexity index is 994. The van der Waals surface area contributed by atoms with Crippen molar-refractivity contribution in [2.45, 2.75) is 24.6 Å². The monoisotopic (exact) mass is 423 g/mol. The lowest BCUT2D eigenvalue weighted by atomic mass is 9.86. The fourth-order valence-electron chi connectivity index (χ4n) is 2.88. The molecule has 2 unspecified atom stereocenters. The molecule has 1 heterocycles. The zero-order valence-electron chi connectivity index (χ0n) is 15.8. The third-order valence-electron chi connectivity index (χ3n) is 4.68. The molecule has 0 bridgehead atoms. The molecule has 1 N–H and O–H groups in total. The van der Waals surface area contributed by atoms with Crippen LogP contribution in [0.1, 0.15) is 29.9 Å². The molecule has 3 nitrogen and oxygen atoms in total. The minimum atomic E-state index is -4.02. The average Bonchev–Trinajstić information content (AvgIpc) is 2.72. The Morgan fingerprint density at radius 1 is 1.03 bits per heavy atom. The van der Waals surface area contributed by atoms with Crippen molar-refractivity contribution in [2.75, 3.05) is 6.61 Å². The molecule has 0 amide bonds. The van der Waals surface area contributed by atoms with E-state index in [1.165, 1.54) is 0 Å². The van der Waals surface area contributed by atoms with Gasteiger partial charge >= 0.3 is 5.92 Å². The lowest BCUT2D eigenvalue weighted by molar-refractivity contribution is -0.189. The summed E-state index contributed by atoms with van der Waals surface area (Å²) in [6.45, 7) is 0.364. The quantitative estimate of drug-likeness (QED) is 0.514. The van der Waals surface area contributed by atoms with Crippen molar-refractivity contribution >= 4 is 0 Å². The summed E-state index contributed by atoms with van der Waals surface area (Å²) < 4.78 is 76.2. The van der Waals surface area contributed by atoms with E-state index in [4.69, 9.17) is 4.74 Å². The first-order valence-corrected chi connectivity index (χ1v) is 8.97. The van der Waals surface area contributed by atoms with Gasteiger partial charge in [0.15, 0.2) is 11.8 Å². The van der Waals surface area contributed by atoms with E-state index in [-0.39, 0.29) is 12.4 Å². The van der Waals surface area contributed by atoms with E-state index < -0.39 is 40.6 Å². The van der Waals surface area contributed by atoms with Gasteiger partial charge in [0.05, 0.1) is 6.20 Å². The number of rotatable bonds is 7. The molecular weight excluding hydrogens is 405 g/mol. The highest BCUT2D eigenvalue weighted by Gasteiger charge is 2.54. The summed E-state index contributed by atoms with van der Waals surface area (Å²) in [6, 6.07) is 12.2. The van der Waals surface area contributed by atoms with Gasteiger partial charge in [-0.05, 0) is 30.7 Å². The zero-order chi connectivity index (χ0) is 21.9. The highest BCUT2D eigenvalue weighted by atomic mass is 19.3. The molecule has 8 heteroatoms. The standard InChI is InChI=1S/C22H18F5NO2/c1-21(29,17-9-7-15(23)11-18(17)24)22(26,27)20-10-8-16(12-28-20)30-13-19(25)14-5-3-2-4-6-14/h2-12,19,29H,13H2,1H3. The van der Waals surface area contributed by atoms with Gasteiger partial charge in [0, 0.05) is 11.6 Å². The predicted octanol–water partition coefficient (Wildman–Crippen LogP) is 5.45. The van der Waals surface area contributed by atoms with Gasteiger partial charge in [-0.25, -0.2) is 13.2 Å². The summed E-state index contributed by atoms with van der Waals surface area (Å²) >= 11 is 0. The summed E-state index contributed by atoms with van der Waals surface area (Å²) in [7, 11) is 0. The number of hydrogen-bond donors (Lipinski definition) is 1. The van der Waals surface area contributed by atoms with Crippen LogP contribution in [-0.4, -0.2) is 16.7 Å². The first-order chi connectivity index (χ1) is 14.1. The lowest BCUT2D eigenvalue weighted by Crippen LogP contribution is -2.42. The van der Waals surface area contributed by atoms with Crippen LogP contribution in [-0.2, 0) is 11.5 Å². The molecule has 0 aliphatic rings. The Morgan fingerprint density at radius 3 is 2.33 bits per heavy atom. The predicted molar refractivity (Wildman–Crippen MR) is 99.8 cm³/mol. The van der Waals surface area contributed by atoms with E-state index in [1.54, 1.807) is 30.3 Å². The number of aliphatic hydroxyl groups is 1. The largest absolute Gasteiger partial charge is 0.489 e. The van der Waals surface area contributed by atoms with Crippen molar-refractivity contribution in [2.24, 2.45) is 0 Å². The smallest absolute Gasteiger partial charge is 0.321 e. The number of ether oxygens (including phenoxy) is 1. The molecule has 1 aromatic heterocycles. The van der Waals surface area contributed by atoms with E-state index in [0.717, 1.165) is 30.5 Å². The molecule has 0 fully saturated rings. The molecule has 30 heavy (non-hydrogen) atoms. The van der Waals surface area contributed by atoms with Crippen LogP contribution in [0.4, 0.5) is 22.0 Å². The maximum absolute atomic E-state index is 14.9. The minimum Gasteiger partial charge on any atom is -0.489 e. The molecule has 2 atom stereocenters. The molecular formula is C22H18F5NO2. The highest BCUT2D eigenvalue weighted by Crippen LogP contribution is 2.45. The van der Waals surface area contributed by atoms with Crippen LogP contribution < -0.4 is 4.74 Å². The van der Waals surface area contributed by atoms with Gasteiger partial charge in [0.2, 0.25) is 0 Å². The van der Waals surface area contributed by atoms with Crippen molar-refractivity contribution in [3.63, 3.8) is 0 Å². The van der Waals surface area contributed by atoms with Gasteiger partial charge in [-0.3, -0.25) is 4.98 Å². The highest BCUT2D eigenvalue weighted by molar-refractivity contribution is 5.31. The first-order valence-electron chi connectivity index (χ1n) is 8.97. The second-order valence-electron chi connectivity index (χ2n) is 6.84. The number of benzene rings is 2. The molecule has 2 aromatic carbocycles. The van der Waals surface area contributed by atoms with E-state index in [1.807, 2.05) is 0 Å². The summed E-state index contributed by atoms with van der Waals surface area (Å²) in [5.41, 5.74) is -4.23. The topological polar surface area (TPSA) is 42.4 Å². The number of pyridine rings is 1. The SMILES string of the molecule is CC(O)(c1ccc(F)cc1F)C(F)(F)c1ccc(OCC(F)c2ccccc2)cn1. The number of halogens is 5. The molecule has 0 aliphatic carbocycles. The van der Waals surface area contributed by atoms with Gasteiger partial charge in [-0.1, -0.05) is 36.4 Å². The van der Waals surface area contributed by atoms with Gasteiger partial charge in [0.25, 0.3) is 0 Å². The molecule has 0 aliphatic heterocycles. The van der Waals surface area contributed by atoms with Crippen LogP contribution in [0.15, 0.2) is 66.9 Å². The number of hydrogen-bond acceptors (Lipinski definition) is 3. The third kappa shape index (κ3) is 4.28. The minimum absolute atomic E-state index is 0.0423. The number of aromatic nitrogens is 1. The number of alkyl halides is 3. The molecule has 3 aromatic rings. The Hall–Kier alpha value is -3.00. The molecule has 0 saturated heterocycles. The van der Waals surface area contributed by atoms with Crippen LogP contribution in [0.5, 0.6) is 5.75 Å². The molecule has 3 rings (SSSR count). The Kier molecular flexibility index (Phi) is 6.07. The fourth-order valence-corrected chi connectivity index (χ4v) is 2.88. The van der Waals surface area contributed by atoms with Crippen LogP contribution >= 0.6 is 0 Å². The van der Waals surface area contributed by atoms with E-state index >= 15 is 0 Å². The summed E-state index contributed by atoms with van der Waals surface area (Å²) in [4.78, 5) is 3.59. The van der Waals surface area contributed by atoms with Crippen LogP contribution in [0.25, 0.3) is 0 Å².